The summed E-state index contributed by atoms with van der Waals surface area (Å²) in [6, 6.07) is 12.4. The zero-order chi connectivity index (χ0) is 25.8. The van der Waals surface area contributed by atoms with Crippen molar-refractivity contribution < 1.29 is 14.3 Å². The number of hydrogen-bond donors (Lipinski definition) is 3. The fraction of sp³-hybridized carbons (Fsp3) is 0.333. The molecule has 0 radical (unpaired) electrons. The molecule has 192 valence electrons. The van der Waals surface area contributed by atoms with Gasteiger partial charge in [-0.1, -0.05) is 18.2 Å². The number of nitrogens with one attached hydrogen (secondary N) is 2. The van der Waals surface area contributed by atoms with Crippen molar-refractivity contribution in [1.82, 2.24) is 24.8 Å². The molecule has 4 heterocycles. The molecule has 3 N–H and O–H groups in total. The van der Waals surface area contributed by atoms with Crippen LogP contribution >= 0.6 is 0 Å². The third-order valence-electron chi connectivity index (χ3n) is 6.86. The van der Waals surface area contributed by atoms with Gasteiger partial charge in [-0.2, -0.15) is 0 Å². The van der Waals surface area contributed by atoms with Crippen LogP contribution in [-0.2, 0) is 4.79 Å². The quantitative estimate of drug-likeness (QED) is 0.333. The van der Waals surface area contributed by atoms with Crippen molar-refractivity contribution in [3.63, 3.8) is 0 Å². The zero-order valence-corrected chi connectivity index (χ0v) is 20.5. The van der Waals surface area contributed by atoms with Crippen molar-refractivity contribution in [1.29, 1.82) is 5.41 Å². The van der Waals surface area contributed by atoms with E-state index in [-0.39, 0.29) is 18.4 Å². The number of aromatic amines is 1. The van der Waals surface area contributed by atoms with Crippen molar-refractivity contribution in [2.75, 3.05) is 44.2 Å². The summed E-state index contributed by atoms with van der Waals surface area (Å²) in [7, 11) is 0. The number of aromatic nitrogens is 3. The second-order valence-corrected chi connectivity index (χ2v) is 9.35. The number of benzene rings is 1. The van der Waals surface area contributed by atoms with E-state index in [0.717, 1.165) is 55.2 Å². The number of hydrogen-bond acceptors (Lipinski definition) is 6. The summed E-state index contributed by atoms with van der Waals surface area (Å²) < 4.78 is 13.7. The Balaban J connectivity index is 1.23. The van der Waals surface area contributed by atoms with Gasteiger partial charge in [-0.3, -0.25) is 15.1 Å². The summed E-state index contributed by atoms with van der Waals surface area (Å²) in [6.07, 6.45) is 7.07. The molecule has 9 nitrogen and oxygen atoms in total. The van der Waals surface area contributed by atoms with Crippen LogP contribution in [0, 0.1) is 11.2 Å². The fourth-order valence-corrected chi connectivity index (χ4v) is 5.00. The van der Waals surface area contributed by atoms with Crippen molar-refractivity contribution >= 4 is 23.7 Å². The van der Waals surface area contributed by atoms with E-state index in [1.165, 1.54) is 6.07 Å². The van der Waals surface area contributed by atoms with Gasteiger partial charge in [-0.25, -0.2) is 14.4 Å². The lowest BCUT2D eigenvalue weighted by Crippen LogP contribution is -2.48. The molecule has 2 aromatic heterocycles. The van der Waals surface area contributed by atoms with E-state index in [9.17, 15) is 9.18 Å². The second-order valence-electron chi connectivity index (χ2n) is 9.35. The monoisotopic (exact) mass is 503 g/mol. The Morgan fingerprint density at radius 1 is 1.16 bits per heavy atom. The summed E-state index contributed by atoms with van der Waals surface area (Å²) in [4.78, 5) is 29.5. The third-order valence-corrected chi connectivity index (χ3v) is 6.86. The molecule has 1 aromatic carbocycles. The maximum absolute atomic E-state index is 13.7. The van der Waals surface area contributed by atoms with Crippen LogP contribution < -0.4 is 4.90 Å². The predicted octanol–water partition coefficient (Wildman–Crippen LogP) is 3.64. The Bertz CT molecular complexity index is 1300. The molecule has 0 saturated carbocycles. The van der Waals surface area contributed by atoms with Crippen LogP contribution in [0.25, 0.3) is 17.5 Å². The summed E-state index contributed by atoms with van der Waals surface area (Å²) in [5.41, 5.74) is 2.43. The van der Waals surface area contributed by atoms with Crippen LogP contribution in [0.4, 0.5) is 10.2 Å². The van der Waals surface area contributed by atoms with Gasteiger partial charge in [0.25, 0.3) is 0 Å². The molecule has 5 rings (SSSR count). The Hall–Kier alpha value is -4.05. The van der Waals surface area contributed by atoms with Crippen LogP contribution in [0.3, 0.4) is 0 Å². The lowest BCUT2D eigenvalue weighted by atomic mass is 10.0. The minimum Gasteiger partial charge on any atom is -0.480 e. The Morgan fingerprint density at radius 2 is 1.97 bits per heavy atom. The molecule has 1 atom stereocenters. The van der Waals surface area contributed by atoms with Gasteiger partial charge in [-0.05, 0) is 54.8 Å². The number of anilines is 1. The number of pyridine rings is 1. The van der Waals surface area contributed by atoms with E-state index in [0.29, 0.717) is 24.7 Å². The normalized spacial score (nSPS) is 18.6. The predicted molar refractivity (Wildman–Crippen MR) is 140 cm³/mol. The Labute approximate surface area is 214 Å². The minimum absolute atomic E-state index is 0.00190. The smallest absolute Gasteiger partial charge is 0.317 e. The summed E-state index contributed by atoms with van der Waals surface area (Å²) in [6.45, 7) is 3.62. The zero-order valence-electron chi connectivity index (χ0n) is 20.5. The molecule has 0 spiro atoms. The van der Waals surface area contributed by atoms with Gasteiger partial charge in [0, 0.05) is 32.7 Å². The average Bonchev–Trinajstić information content (AvgIpc) is 3.58. The molecular formula is C27H30FN7O2. The first-order chi connectivity index (χ1) is 18.0. The van der Waals surface area contributed by atoms with Gasteiger partial charge in [0.05, 0.1) is 30.2 Å². The number of likely N-dealkylation sites (tertiary alicyclic amines) is 1. The minimum atomic E-state index is -0.806. The number of carboxylic acid groups (broad SMARTS) is 1. The standard InChI is InChI=1S/C27H30FN7O2/c28-20-5-1-4-19(16-20)23-7-3-11-35(23)24(29)9-10-25-30-17-22(31-25)21-6-2-8-26(32-21)34-14-12-33(13-15-34)18-27(36)37/h1-2,4-6,8-10,16-17,23,29H,3,7,11-15,18H2,(H,30,31)(H,36,37)/b10-9-,29-24?/t23-/m0/s1. The number of nitrogens with zero attached hydrogens (tertiary/aromatic N) is 5. The van der Waals surface area contributed by atoms with E-state index < -0.39 is 5.97 Å². The molecule has 2 aliphatic rings. The number of carboxylic acids is 1. The van der Waals surface area contributed by atoms with Crippen molar-refractivity contribution in [3.8, 4) is 11.4 Å². The molecular weight excluding hydrogens is 473 g/mol. The Morgan fingerprint density at radius 3 is 2.76 bits per heavy atom. The summed E-state index contributed by atoms with van der Waals surface area (Å²) >= 11 is 0. The SMILES string of the molecule is N=C(/C=C\c1ncc(-c2cccc(N3CCN(CC(=O)O)CC3)n2)[nH]1)N1CCC[C@H]1c1cccc(F)c1. The molecule has 37 heavy (non-hydrogen) atoms. The van der Waals surface area contributed by atoms with Crippen LogP contribution in [0.15, 0.2) is 54.7 Å². The number of H-pyrrole nitrogens is 1. The van der Waals surface area contributed by atoms with E-state index in [2.05, 4.69) is 14.9 Å². The molecule has 3 aromatic rings. The number of carbonyl (C=O) groups is 1. The van der Waals surface area contributed by atoms with Gasteiger partial charge >= 0.3 is 5.97 Å². The summed E-state index contributed by atoms with van der Waals surface area (Å²) in [5.74, 6) is 0.772. The number of aliphatic carboxylic acids is 1. The topological polar surface area (TPSA) is 112 Å². The highest BCUT2D eigenvalue weighted by Gasteiger charge is 2.27. The molecule has 10 heteroatoms. The molecule has 0 aliphatic carbocycles. The largest absolute Gasteiger partial charge is 0.480 e. The first-order valence-corrected chi connectivity index (χ1v) is 12.5. The first kappa shape index (κ1) is 24.6. The van der Waals surface area contributed by atoms with E-state index in [4.69, 9.17) is 15.5 Å². The van der Waals surface area contributed by atoms with Crippen molar-refractivity contribution in [3.05, 3.63) is 71.9 Å². The lowest BCUT2D eigenvalue weighted by molar-refractivity contribution is -0.138. The number of imidazole rings is 1. The third kappa shape index (κ3) is 5.86. The maximum atomic E-state index is 13.7. The fourth-order valence-electron chi connectivity index (χ4n) is 5.00. The van der Waals surface area contributed by atoms with Gasteiger partial charge in [0.1, 0.15) is 23.3 Å². The molecule has 0 amide bonds. The number of rotatable bonds is 7. The van der Waals surface area contributed by atoms with Gasteiger partial charge < -0.3 is 19.9 Å². The summed E-state index contributed by atoms with van der Waals surface area (Å²) in [5, 5.41) is 17.6. The highest BCUT2D eigenvalue weighted by Crippen LogP contribution is 2.32. The second kappa shape index (κ2) is 10.9. The maximum Gasteiger partial charge on any atom is 0.317 e. The van der Waals surface area contributed by atoms with E-state index in [1.807, 2.05) is 34.1 Å². The molecule has 2 aliphatic heterocycles. The molecule has 2 saturated heterocycles. The molecule has 0 bridgehead atoms. The van der Waals surface area contributed by atoms with Crippen LogP contribution in [0.1, 0.15) is 30.3 Å². The van der Waals surface area contributed by atoms with Crippen LogP contribution in [-0.4, -0.2) is 80.9 Å². The average molecular weight is 504 g/mol. The Kier molecular flexibility index (Phi) is 7.27. The van der Waals surface area contributed by atoms with Gasteiger partial charge in [0.15, 0.2) is 0 Å². The van der Waals surface area contributed by atoms with E-state index in [1.54, 1.807) is 30.5 Å². The van der Waals surface area contributed by atoms with Crippen LogP contribution in [0.5, 0.6) is 0 Å². The van der Waals surface area contributed by atoms with Gasteiger partial charge in [0.2, 0.25) is 0 Å². The van der Waals surface area contributed by atoms with Crippen molar-refractivity contribution in [2.45, 2.75) is 18.9 Å². The van der Waals surface area contributed by atoms with E-state index >= 15 is 0 Å². The molecule has 2 fully saturated rings. The van der Waals surface area contributed by atoms with Gasteiger partial charge in [-0.15, -0.1) is 0 Å². The number of piperazine rings is 1. The number of halogens is 1. The van der Waals surface area contributed by atoms with Crippen molar-refractivity contribution in [2.24, 2.45) is 0 Å². The highest BCUT2D eigenvalue weighted by molar-refractivity contribution is 5.94. The highest BCUT2D eigenvalue weighted by atomic mass is 19.1. The van der Waals surface area contributed by atoms with Crippen LogP contribution in [0.2, 0.25) is 0 Å². The lowest BCUT2D eigenvalue weighted by Gasteiger charge is -2.34. The number of amidine groups is 1. The molecule has 0 unspecified atom stereocenters. The first-order valence-electron chi connectivity index (χ1n) is 12.5.